The van der Waals surface area contributed by atoms with Crippen molar-refractivity contribution in [3.05, 3.63) is 80.7 Å². The van der Waals surface area contributed by atoms with Gasteiger partial charge >= 0.3 is 0 Å². The fourth-order valence-electron chi connectivity index (χ4n) is 3.25. The Hall–Kier alpha value is -2.92. The number of nitrogens with zero attached hydrogens (tertiary/aromatic N) is 1. The summed E-state index contributed by atoms with van der Waals surface area (Å²) in [7, 11) is 1.65. The van der Waals surface area contributed by atoms with Gasteiger partial charge in [-0.15, -0.1) is 11.3 Å². The summed E-state index contributed by atoms with van der Waals surface area (Å²) < 4.78 is 5.19. The fourth-order valence-corrected chi connectivity index (χ4v) is 4.32. The Morgan fingerprint density at radius 1 is 1.04 bits per heavy atom. The average Bonchev–Trinajstić information content (AvgIpc) is 2.99. The molecule has 0 atom stereocenters. The molecule has 0 saturated carbocycles. The second-order valence-electron chi connectivity index (χ2n) is 6.62. The van der Waals surface area contributed by atoms with Crippen LogP contribution in [-0.2, 0) is 6.42 Å². The van der Waals surface area contributed by atoms with E-state index >= 15 is 0 Å². The van der Waals surface area contributed by atoms with E-state index < -0.39 is 0 Å². The molecule has 4 aromatic rings. The molecule has 0 aliphatic rings. The molecule has 2 heterocycles. The van der Waals surface area contributed by atoms with Crippen molar-refractivity contribution >= 4 is 21.6 Å². The van der Waals surface area contributed by atoms with Crippen LogP contribution in [-0.4, -0.2) is 17.1 Å². The third-order valence-corrected chi connectivity index (χ3v) is 5.66. The number of ether oxygens (including phenoxy) is 1. The molecule has 5 heteroatoms. The first-order valence-corrected chi connectivity index (χ1v) is 9.59. The van der Waals surface area contributed by atoms with Crippen molar-refractivity contribution in [2.45, 2.75) is 20.3 Å². The normalized spacial score (nSPS) is 11.1. The molecule has 136 valence electrons. The predicted molar refractivity (Wildman–Crippen MR) is 111 cm³/mol. The van der Waals surface area contributed by atoms with Crippen LogP contribution in [0.4, 0.5) is 0 Å². The summed E-state index contributed by atoms with van der Waals surface area (Å²) in [5.74, 6) is 1.49. The van der Waals surface area contributed by atoms with Gasteiger partial charge in [0.2, 0.25) is 0 Å². The number of aromatic nitrogens is 2. The fraction of sp³-hybridized carbons (Fsp3) is 0.182. The molecule has 2 aromatic heterocycles. The maximum absolute atomic E-state index is 12.9. The van der Waals surface area contributed by atoms with Crippen LogP contribution in [0.15, 0.2) is 53.3 Å². The molecule has 1 N–H and O–H groups in total. The van der Waals surface area contributed by atoms with Crippen LogP contribution in [0.2, 0.25) is 0 Å². The zero-order chi connectivity index (χ0) is 19.0. The Morgan fingerprint density at radius 2 is 1.74 bits per heavy atom. The number of hydrogen-bond acceptors (Lipinski definition) is 4. The van der Waals surface area contributed by atoms with E-state index in [1.54, 1.807) is 18.4 Å². The van der Waals surface area contributed by atoms with Crippen molar-refractivity contribution in [3.63, 3.8) is 0 Å². The molecule has 0 radical (unpaired) electrons. The van der Waals surface area contributed by atoms with E-state index in [0.29, 0.717) is 17.6 Å². The summed E-state index contributed by atoms with van der Waals surface area (Å²) in [6, 6.07) is 16.1. The third-order valence-electron chi connectivity index (χ3n) is 4.66. The van der Waals surface area contributed by atoms with Gasteiger partial charge in [0.15, 0.2) is 0 Å². The van der Waals surface area contributed by atoms with Crippen LogP contribution < -0.4 is 10.3 Å². The number of aryl methyl sites for hydroxylation is 2. The summed E-state index contributed by atoms with van der Waals surface area (Å²) in [6.07, 6.45) is 0.575. The standard InChI is InChI=1S/C22H20N2O2S/c1-13-4-8-16(9-5-13)19-14(2)27-22-20(19)21(25)23-18(24-22)12-15-6-10-17(26-3)11-7-15/h4-11H,12H2,1-3H3,(H,23,24,25). The van der Waals surface area contributed by atoms with E-state index in [4.69, 9.17) is 9.72 Å². The van der Waals surface area contributed by atoms with Gasteiger partial charge in [0.1, 0.15) is 16.4 Å². The molecule has 4 rings (SSSR count). The average molecular weight is 376 g/mol. The molecule has 0 spiro atoms. The highest BCUT2D eigenvalue weighted by Crippen LogP contribution is 2.35. The largest absolute Gasteiger partial charge is 0.497 e. The number of H-pyrrole nitrogens is 1. The third kappa shape index (κ3) is 3.38. The Balaban J connectivity index is 1.76. The summed E-state index contributed by atoms with van der Waals surface area (Å²) in [6.45, 7) is 4.10. The van der Waals surface area contributed by atoms with Gasteiger partial charge < -0.3 is 9.72 Å². The van der Waals surface area contributed by atoms with Gasteiger partial charge in [0.25, 0.3) is 5.56 Å². The van der Waals surface area contributed by atoms with E-state index in [2.05, 4.69) is 36.2 Å². The number of nitrogens with one attached hydrogen (secondary N) is 1. The molecule has 0 fully saturated rings. The highest BCUT2D eigenvalue weighted by Gasteiger charge is 2.16. The molecule has 4 nitrogen and oxygen atoms in total. The molecule has 2 aromatic carbocycles. The van der Waals surface area contributed by atoms with Crippen LogP contribution in [0.1, 0.15) is 21.8 Å². The minimum absolute atomic E-state index is 0.0802. The smallest absolute Gasteiger partial charge is 0.260 e. The lowest BCUT2D eigenvalue weighted by Crippen LogP contribution is -2.11. The summed E-state index contributed by atoms with van der Waals surface area (Å²) in [4.78, 5) is 22.4. The van der Waals surface area contributed by atoms with Crippen molar-refractivity contribution in [2.24, 2.45) is 0 Å². The second kappa shape index (κ2) is 7.00. The summed E-state index contributed by atoms with van der Waals surface area (Å²) in [5.41, 5.74) is 4.23. The van der Waals surface area contributed by atoms with Gasteiger partial charge in [-0.2, -0.15) is 0 Å². The van der Waals surface area contributed by atoms with E-state index in [1.807, 2.05) is 31.2 Å². The molecule has 0 amide bonds. The van der Waals surface area contributed by atoms with Gasteiger partial charge in [-0.1, -0.05) is 42.0 Å². The van der Waals surface area contributed by atoms with Gasteiger partial charge in [0, 0.05) is 16.9 Å². The second-order valence-corrected chi connectivity index (χ2v) is 7.82. The molecule has 27 heavy (non-hydrogen) atoms. The zero-order valence-electron chi connectivity index (χ0n) is 15.5. The molecule has 0 unspecified atom stereocenters. The van der Waals surface area contributed by atoms with Crippen molar-refractivity contribution in [3.8, 4) is 16.9 Å². The molecular weight excluding hydrogens is 356 g/mol. The quantitative estimate of drug-likeness (QED) is 0.553. The maximum atomic E-state index is 12.9. The first-order chi connectivity index (χ1) is 13.0. The Bertz CT molecular complexity index is 1160. The Kier molecular flexibility index (Phi) is 4.54. The van der Waals surface area contributed by atoms with Crippen LogP contribution in [0.5, 0.6) is 5.75 Å². The van der Waals surface area contributed by atoms with Crippen LogP contribution in [0.3, 0.4) is 0 Å². The lowest BCUT2D eigenvalue weighted by Gasteiger charge is -2.05. The number of fused-ring (bicyclic) bond motifs is 1. The lowest BCUT2D eigenvalue weighted by molar-refractivity contribution is 0.414. The van der Waals surface area contributed by atoms with Crippen LogP contribution in [0, 0.1) is 13.8 Å². The lowest BCUT2D eigenvalue weighted by atomic mass is 10.0. The Morgan fingerprint density at radius 3 is 2.41 bits per heavy atom. The maximum Gasteiger partial charge on any atom is 0.260 e. The predicted octanol–water partition coefficient (Wildman–Crippen LogP) is 4.87. The van der Waals surface area contributed by atoms with Gasteiger partial charge in [-0.25, -0.2) is 4.98 Å². The number of thiophene rings is 1. The van der Waals surface area contributed by atoms with Crippen LogP contribution >= 0.6 is 11.3 Å². The van der Waals surface area contributed by atoms with Crippen LogP contribution in [0.25, 0.3) is 21.3 Å². The molecule has 0 aliphatic carbocycles. The van der Waals surface area contributed by atoms with Crippen molar-refractivity contribution < 1.29 is 4.74 Å². The number of hydrogen-bond donors (Lipinski definition) is 1. The van der Waals surface area contributed by atoms with Crippen molar-refractivity contribution in [1.82, 2.24) is 9.97 Å². The van der Waals surface area contributed by atoms with Crippen molar-refractivity contribution in [1.29, 1.82) is 0 Å². The number of rotatable bonds is 4. The number of methoxy groups -OCH3 is 1. The zero-order valence-corrected chi connectivity index (χ0v) is 16.3. The number of aromatic amines is 1. The topological polar surface area (TPSA) is 55.0 Å². The van der Waals surface area contributed by atoms with E-state index in [1.165, 1.54) is 5.56 Å². The van der Waals surface area contributed by atoms with E-state index in [9.17, 15) is 4.79 Å². The Labute approximate surface area is 161 Å². The van der Waals surface area contributed by atoms with Gasteiger partial charge in [-0.05, 0) is 37.1 Å². The first-order valence-electron chi connectivity index (χ1n) is 8.77. The highest BCUT2D eigenvalue weighted by molar-refractivity contribution is 7.19. The SMILES string of the molecule is COc1ccc(Cc2nc3sc(C)c(-c4ccc(C)cc4)c3c(=O)[nH]2)cc1. The summed E-state index contributed by atoms with van der Waals surface area (Å²) in [5, 5.41) is 0.680. The highest BCUT2D eigenvalue weighted by atomic mass is 32.1. The summed E-state index contributed by atoms with van der Waals surface area (Å²) >= 11 is 1.57. The first kappa shape index (κ1) is 17.5. The molecule has 0 aliphatic heterocycles. The van der Waals surface area contributed by atoms with Crippen molar-refractivity contribution in [2.75, 3.05) is 7.11 Å². The number of benzene rings is 2. The molecule has 0 bridgehead atoms. The van der Waals surface area contributed by atoms with E-state index in [-0.39, 0.29) is 5.56 Å². The monoisotopic (exact) mass is 376 g/mol. The molecular formula is C22H20N2O2S. The van der Waals surface area contributed by atoms with E-state index in [0.717, 1.165) is 32.1 Å². The molecule has 0 saturated heterocycles. The minimum Gasteiger partial charge on any atom is -0.497 e. The van der Waals surface area contributed by atoms with Gasteiger partial charge in [0.05, 0.1) is 12.5 Å². The van der Waals surface area contributed by atoms with Gasteiger partial charge in [-0.3, -0.25) is 4.79 Å². The minimum atomic E-state index is -0.0802.